The van der Waals surface area contributed by atoms with Gasteiger partial charge in [-0.3, -0.25) is 0 Å². The summed E-state index contributed by atoms with van der Waals surface area (Å²) in [6.45, 7) is 13.7. The highest BCUT2D eigenvalue weighted by molar-refractivity contribution is 5.87. The van der Waals surface area contributed by atoms with Crippen molar-refractivity contribution in [3.63, 3.8) is 0 Å². The van der Waals surface area contributed by atoms with E-state index in [0.717, 1.165) is 0 Å². The topological polar surface area (TPSA) is 69.0 Å². The van der Waals surface area contributed by atoms with Gasteiger partial charge >= 0.3 is 12.1 Å². The number of carbonyl (C=O) groups excluding carboxylic acids is 2. The fourth-order valence-corrected chi connectivity index (χ4v) is 1.35. The summed E-state index contributed by atoms with van der Waals surface area (Å²) in [5.74, 6) is -0.609. The van der Waals surface area contributed by atoms with Gasteiger partial charge in [-0.05, 0) is 27.7 Å². The van der Waals surface area contributed by atoms with Crippen molar-refractivity contribution in [2.24, 2.45) is 0 Å². The Morgan fingerprint density at radius 1 is 1.30 bits per heavy atom. The smallest absolute Gasteiger partial charge is 0.408 e. The first kappa shape index (κ1) is 18.0. The monoisotopic (exact) mass is 282 g/mol. The van der Waals surface area contributed by atoms with Crippen LogP contribution in [0.3, 0.4) is 0 Å². The van der Waals surface area contributed by atoms with E-state index >= 15 is 0 Å². The largest absolute Gasteiger partial charge is 0.467 e. The Labute approximate surface area is 119 Å². The van der Waals surface area contributed by atoms with Gasteiger partial charge in [-0.15, -0.1) is 0 Å². The molecule has 0 radical (unpaired) electrons. The van der Waals surface area contributed by atoms with Gasteiger partial charge < -0.3 is 19.6 Å². The van der Waals surface area contributed by atoms with Gasteiger partial charge in [-0.1, -0.05) is 12.2 Å². The summed E-state index contributed by atoms with van der Waals surface area (Å²) in [6, 6.07) is 0. The molecule has 0 saturated heterocycles. The number of methoxy groups -OCH3 is 1. The number of nitrogens with one attached hydrogen (secondary N) is 1. The maximum absolute atomic E-state index is 11.8. The van der Waals surface area contributed by atoms with Gasteiger partial charge in [0.15, 0.2) is 5.54 Å². The van der Waals surface area contributed by atoms with Gasteiger partial charge in [-0.25, -0.2) is 16.2 Å². The van der Waals surface area contributed by atoms with Crippen LogP contribution in [0.2, 0.25) is 0 Å². The molecule has 1 atom stereocenters. The number of alkyl carbamates (subject to hydrolysis) is 1. The van der Waals surface area contributed by atoms with Crippen LogP contribution in [0.15, 0.2) is 12.2 Å². The van der Waals surface area contributed by atoms with Crippen molar-refractivity contribution >= 4 is 12.1 Å². The Bertz CT molecular complexity index is 418. The summed E-state index contributed by atoms with van der Waals surface area (Å²) >= 11 is 0. The molecule has 112 valence electrons. The molecule has 1 amide bonds. The Hall–Kier alpha value is -2.03. The van der Waals surface area contributed by atoms with E-state index in [-0.39, 0.29) is 0 Å². The molecule has 0 saturated carbocycles. The zero-order valence-corrected chi connectivity index (χ0v) is 12.6. The summed E-state index contributed by atoms with van der Waals surface area (Å²) < 4.78 is 9.80. The molecule has 0 aliphatic rings. The molecule has 20 heavy (non-hydrogen) atoms. The third-order valence-corrected chi connectivity index (χ3v) is 2.23. The zero-order valence-electron chi connectivity index (χ0n) is 12.6. The third kappa shape index (κ3) is 6.78. The van der Waals surface area contributed by atoms with Crippen LogP contribution >= 0.6 is 0 Å². The highest BCUT2D eigenvalue weighted by atomic mass is 16.6. The SMILES string of the molecule is [C-]#[N+]CC/C=C\[C@@](C)(NC(=O)OC(C)(C)C)C(=O)OC. The fourth-order valence-electron chi connectivity index (χ4n) is 1.35. The minimum atomic E-state index is -1.32. The first-order valence-electron chi connectivity index (χ1n) is 6.25. The summed E-state index contributed by atoms with van der Waals surface area (Å²) in [4.78, 5) is 26.8. The van der Waals surface area contributed by atoms with Crippen molar-refractivity contribution in [2.45, 2.75) is 45.3 Å². The normalized spacial score (nSPS) is 14.2. The summed E-state index contributed by atoms with van der Waals surface area (Å²) in [7, 11) is 1.24. The van der Waals surface area contributed by atoms with E-state index in [4.69, 9.17) is 11.3 Å². The lowest BCUT2D eigenvalue weighted by molar-refractivity contribution is -0.145. The average molecular weight is 282 g/mol. The number of carbonyl (C=O) groups is 2. The lowest BCUT2D eigenvalue weighted by Gasteiger charge is -2.27. The second kappa shape index (κ2) is 7.53. The van der Waals surface area contributed by atoms with E-state index in [1.165, 1.54) is 20.1 Å². The highest BCUT2D eigenvalue weighted by Crippen LogP contribution is 2.13. The van der Waals surface area contributed by atoms with Gasteiger partial charge in [0.05, 0.1) is 7.11 Å². The van der Waals surface area contributed by atoms with E-state index in [1.807, 2.05) is 0 Å². The Kier molecular flexibility index (Phi) is 6.77. The molecular formula is C14H22N2O4. The molecule has 6 heteroatoms. The third-order valence-electron chi connectivity index (χ3n) is 2.23. The molecule has 6 nitrogen and oxygen atoms in total. The van der Waals surface area contributed by atoms with Gasteiger partial charge in [0.25, 0.3) is 0 Å². The Balaban J connectivity index is 4.88. The molecule has 0 bridgehead atoms. The van der Waals surface area contributed by atoms with Crippen molar-refractivity contribution in [3.8, 4) is 0 Å². The molecule has 0 rings (SSSR count). The fraction of sp³-hybridized carbons (Fsp3) is 0.643. The van der Waals surface area contributed by atoms with E-state index in [2.05, 4.69) is 14.9 Å². The van der Waals surface area contributed by atoms with Crippen molar-refractivity contribution in [3.05, 3.63) is 23.6 Å². The number of amides is 1. The van der Waals surface area contributed by atoms with Crippen molar-refractivity contribution in [2.75, 3.05) is 13.7 Å². The van der Waals surface area contributed by atoms with E-state index in [9.17, 15) is 9.59 Å². The van der Waals surface area contributed by atoms with E-state index in [1.54, 1.807) is 26.8 Å². The molecule has 0 unspecified atom stereocenters. The average Bonchev–Trinajstić information content (AvgIpc) is 2.31. The van der Waals surface area contributed by atoms with Crippen LogP contribution in [0.1, 0.15) is 34.1 Å². The standard InChI is InChI=1S/C14H22N2O4/c1-13(2,3)20-12(18)16-14(4,11(17)19-6)9-7-8-10-15-5/h7,9H,8,10H2,1-4,6H3,(H,16,18)/b9-7-/t14-/m1/s1. The van der Waals surface area contributed by atoms with Crippen LogP contribution in [-0.4, -0.2) is 36.9 Å². The number of hydrogen-bond acceptors (Lipinski definition) is 4. The number of ether oxygens (including phenoxy) is 2. The summed E-state index contributed by atoms with van der Waals surface area (Å²) in [5, 5.41) is 2.48. The predicted molar refractivity (Wildman–Crippen MR) is 75.0 cm³/mol. The van der Waals surface area contributed by atoms with Crippen molar-refractivity contribution in [1.82, 2.24) is 5.32 Å². The van der Waals surface area contributed by atoms with Gasteiger partial charge in [0.1, 0.15) is 5.60 Å². The van der Waals surface area contributed by atoms with Crippen LogP contribution in [0.25, 0.3) is 4.85 Å². The second-order valence-electron chi connectivity index (χ2n) is 5.39. The van der Waals surface area contributed by atoms with Crippen LogP contribution < -0.4 is 5.32 Å². The van der Waals surface area contributed by atoms with Crippen LogP contribution in [0, 0.1) is 6.57 Å². The molecule has 0 aromatic heterocycles. The molecule has 0 aromatic carbocycles. The second-order valence-corrected chi connectivity index (χ2v) is 5.39. The van der Waals surface area contributed by atoms with E-state index < -0.39 is 23.2 Å². The maximum Gasteiger partial charge on any atom is 0.408 e. The Morgan fingerprint density at radius 2 is 1.90 bits per heavy atom. The quantitative estimate of drug-likeness (QED) is 0.363. The first-order chi connectivity index (χ1) is 9.14. The molecule has 0 spiro atoms. The zero-order chi connectivity index (χ0) is 15.8. The molecule has 0 aromatic rings. The number of hydrogen-bond donors (Lipinski definition) is 1. The predicted octanol–water partition coefficient (Wildman–Crippen LogP) is 2.31. The van der Waals surface area contributed by atoms with Crippen molar-refractivity contribution in [1.29, 1.82) is 0 Å². The van der Waals surface area contributed by atoms with Crippen LogP contribution in [0.4, 0.5) is 4.79 Å². The highest BCUT2D eigenvalue weighted by Gasteiger charge is 2.35. The first-order valence-corrected chi connectivity index (χ1v) is 6.25. The molecule has 0 heterocycles. The summed E-state index contributed by atoms with van der Waals surface area (Å²) in [6.07, 6.45) is 2.95. The Morgan fingerprint density at radius 3 is 2.35 bits per heavy atom. The molecule has 0 fully saturated rings. The van der Waals surface area contributed by atoms with Crippen LogP contribution in [-0.2, 0) is 14.3 Å². The number of nitrogens with zero attached hydrogens (tertiary/aromatic N) is 1. The van der Waals surface area contributed by atoms with Gasteiger partial charge in [0, 0.05) is 6.42 Å². The molecule has 0 aliphatic carbocycles. The number of rotatable bonds is 5. The van der Waals surface area contributed by atoms with E-state index in [0.29, 0.717) is 13.0 Å². The lowest BCUT2D eigenvalue weighted by Crippen LogP contribution is -2.52. The minimum Gasteiger partial charge on any atom is -0.467 e. The molecular weight excluding hydrogens is 260 g/mol. The van der Waals surface area contributed by atoms with Gasteiger partial charge in [-0.2, -0.15) is 0 Å². The maximum atomic E-state index is 11.8. The number of esters is 1. The van der Waals surface area contributed by atoms with Crippen molar-refractivity contribution < 1.29 is 19.1 Å². The van der Waals surface area contributed by atoms with Gasteiger partial charge in [0.2, 0.25) is 6.54 Å². The summed E-state index contributed by atoms with van der Waals surface area (Å²) in [5.41, 5.74) is -1.98. The minimum absolute atomic E-state index is 0.320. The lowest BCUT2D eigenvalue weighted by atomic mass is 10.0. The molecule has 0 aliphatic heterocycles. The molecule has 1 N–H and O–H groups in total. The van der Waals surface area contributed by atoms with Crippen LogP contribution in [0.5, 0.6) is 0 Å².